The highest BCUT2D eigenvalue weighted by Crippen LogP contribution is 2.39. The first-order chi connectivity index (χ1) is 9.13. The smallest absolute Gasteiger partial charge is 0.233 e. The monoisotopic (exact) mass is 280 g/mol. The molecule has 19 heavy (non-hydrogen) atoms. The fourth-order valence-electron chi connectivity index (χ4n) is 3.02. The van der Waals surface area contributed by atoms with E-state index in [1.165, 1.54) is 4.88 Å². The maximum absolute atomic E-state index is 12.9. The summed E-state index contributed by atoms with van der Waals surface area (Å²) in [6.45, 7) is 3.71. The molecular weight excluding hydrogens is 260 g/mol. The lowest BCUT2D eigenvalue weighted by atomic mass is 9.84. The molecule has 1 aromatic rings. The second-order valence-corrected chi connectivity index (χ2v) is 6.69. The molecule has 0 bridgehead atoms. The number of nitrogens with two attached hydrogens (primary N) is 1. The van der Waals surface area contributed by atoms with E-state index in [9.17, 15) is 4.79 Å². The lowest BCUT2D eigenvalue weighted by Gasteiger charge is -2.34. The molecule has 3 unspecified atom stereocenters. The van der Waals surface area contributed by atoms with Gasteiger partial charge in [0, 0.05) is 17.5 Å². The minimum Gasteiger partial charge on any atom is -0.379 e. The van der Waals surface area contributed by atoms with E-state index in [0.29, 0.717) is 13.2 Å². The van der Waals surface area contributed by atoms with Crippen molar-refractivity contribution in [1.29, 1.82) is 0 Å². The third-order valence-corrected chi connectivity index (χ3v) is 5.37. The van der Waals surface area contributed by atoms with Gasteiger partial charge >= 0.3 is 0 Å². The number of nitrogens with zero attached hydrogens (tertiary/aromatic N) is 1. The first kappa shape index (κ1) is 13.1. The Morgan fingerprint density at radius 1 is 1.63 bits per heavy atom. The summed E-state index contributed by atoms with van der Waals surface area (Å²) in [5.74, 6) is 0.161. The van der Waals surface area contributed by atoms with E-state index in [0.717, 1.165) is 19.4 Å². The van der Waals surface area contributed by atoms with Crippen molar-refractivity contribution in [1.82, 2.24) is 4.90 Å². The van der Waals surface area contributed by atoms with Crippen molar-refractivity contribution >= 4 is 17.2 Å². The number of likely N-dealkylation sites (tertiary alicyclic amines) is 1. The van der Waals surface area contributed by atoms with Gasteiger partial charge in [-0.3, -0.25) is 4.79 Å². The molecule has 1 amide bonds. The largest absolute Gasteiger partial charge is 0.379 e. The predicted octanol–water partition coefficient (Wildman–Crippen LogP) is 1.78. The van der Waals surface area contributed by atoms with Crippen molar-refractivity contribution in [2.45, 2.75) is 31.8 Å². The molecule has 0 saturated carbocycles. The Bertz CT molecular complexity index is 462. The van der Waals surface area contributed by atoms with Crippen LogP contribution in [0, 0.1) is 5.41 Å². The van der Waals surface area contributed by atoms with Crippen LogP contribution in [0.5, 0.6) is 0 Å². The molecule has 2 saturated heterocycles. The van der Waals surface area contributed by atoms with Gasteiger partial charge in [0.15, 0.2) is 0 Å². The molecule has 4 nitrogen and oxygen atoms in total. The molecule has 0 spiro atoms. The van der Waals surface area contributed by atoms with Crippen LogP contribution < -0.4 is 5.73 Å². The molecule has 3 atom stereocenters. The zero-order valence-electron chi connectivity index (χ0n) is 11.2. The minimum atomic E-state index is -0.556. The van der Waals surface area contributed by atoms with Gasteiger partial charge < -0.3 is 15.4 Å². The van der Waals surface area contributed by atoms with Gasteiger partial charge in [0.1, 0.15) is 0 Å². The average Bonchev–Trinajstić information content (AvgIpc) is 3.10. The molecule has 2 fully saturated rings. The first-order valence-corrected chi connectivity index (χ1v) is 7.69. The van der Waals surface area contributed by atoms with Gasteiger partial charge in [-0.15, -0.1) is 11.3 Å². The van der Waals surface area contributed by atoms with Crippen LogP contribution in [-0.4, -0.2) is 36.6 Å². The van der Waals surface area contributed by atoms with Crippen LogP contribution in [0.15, 0.2) is 17.5 Å². The highest BCUT2D eigenvalue weighted by atomic mass is 32.1. The fourth-order valence-corrected chi connectivity index (χ4v) is 3.90. The molecule has 2 aliphatic heterocycles. The lowest BCUT2D eigenvalue weighted by molar-refractivity contribution is -0.142. The van der Waals surface area contributed by atoms with Gasteiger partial charge in [-0.1, -0.05) is 6.07 Å². The number of hydrogen-bond acceptors (Lipinski definition) is 4. The van der Waals surface area contributed by atoms with Crippen LogP contribution in [0.4, 0.5) is 0 Å². The summed E-state index contributed by atoms with van der Waals surface area (Å²) in [5.41, 5.74) is 5.52. The molecule has 5 heteroatoms. The summed E-state index contributed by atoms with van der Waals surface area (Å²) in [4.78, 5) is 16.1. The minimum absolute atomic E-state index is 0.161. The summed E-state index contributed by atoms with van der Waals surface area (Å²) in [6, 6.07) is 4.21. The van der Waals surface area contributed by atoms with E-state index < -0.39 is 5.41 Å². The first-order valence-electron chi connectivity index (χ1n) is 6.81. The predicted molar refractivity (Wildman–Crippen MR) is 74.9 cm³/mol. The second-order valence-electron chi connectivity index (χ2n) is 5.71. The van der Waals surface area contributed by atoms with Crippen LogP contribution in [-0.2, 0) is 9.53 Å². The molecule has 2 N–H and O–H groups in total. The summed E-state index contributed by atoms with van der Waals surface area (Å²) in [5, 5.41) is 2.07. The Morgan fingerprint density at radius 2 is 2.47 bits per heavy atom. The van der Waals surface area contributed by atoms with Crippen molar-refractivity contribution in [2.24, 2.45) is 11.1 Å². The Morgan fingerprint density at radius 3 is 3.11 bits per heavy atom. The van der Waals surface area contributed by atoms with Gasteiger partial charge in [0.25, 0.3) is 0 Å². The van der Waals surface area contributed by atoms with Crippen LogP contribution in [0.2, 0.25) is 0 Å². The van der Waals surface area contributed by atoms with Crippen molar-refractivity contribution in [3.05, 3.63) is 22.4 Å². The van der Waals surface area contributed by atoms with Crippen LogP contribution in [0.3, 0.4) is 0 Å². The van der Waals surface area contributed by atoms with Crippen LogP contribution in [0.1, 0.15) is 30.7 Å². The number of carbonyl (C=O) groups excluding carboxylic acids is 1. The highest BCUT2D eigenvalue weighted by Gasteiger charge is 2.48. The normalized spacial score (nSPS) is 34.9. The number of hydrogen-bond donors (Lipinski definition) is 1. The van der Waals surface area contributed by atoms with Gasteiger partial charge in [0.05, 0.1) is 24.7 Å². The van der Waals surface area contributed by atoms with E-state index in [-0.39, 0.29) is 18.0 Å². The van der Waals surface area contributed by atoms with E-state index in [1.54, 1.807) is 11.3 Å². The maximum Gasteiger partial charge on any atom is 0.233 e. The molecule has 3 rings (SSSR count). The number of carbonyl (C=O) groups is 1. The number of rotatable bonds is 2. The van der Waals surface area contributed by atoms with Crippen LogP contribution >= 0.6 is 11.3 Å². The maximum atomic E-state index is 12.9. The average molecular weight is 280 g/mol. The molecule has 104 valence electrons. The van der Waals surface area contributed by atoms with Gasteiger partial charge in [-0.05, 0) is 31.2 Å². The van der Waals surface area contributed by atoms with E-state index in [2.05, 4.69) is 11.4 Å². The Balaban J connectivity index is 1.83. The zero-order valence-corrected chi connectivity index (χ0v) is 12.0. The fraction of sp³-hybridized carbons (Fsp3) is 0.643. The van der Waals surface area contributed by atoms with Crippen molar-refractivity contribution < 1.29 is 9.53 Å². The van der Waals surface area contributed by atoms with E-state index in [1.807, 2.05) is 17.9 Å². The summed E-state index contributed by atoms with van der Waals surface area (Å²) < 4.78 is 5.41. The SMILES string of the molecule is CC1(C(=O)N2CCCC2c2cccs2)COCC1N. The summed E-state index contributed by atoms with van der Waals surface area (Å²) >= 11 is 1.73. The second kappa shape index (κ2) is 4.89. The van der Waals surface area contributed by atoms with Gasteiger partial charge in [-0.25, -0.2) is 0 Å². The molecule has 0 aliphatic carbocycles. The number of thiophene rings is 1. The van der Waals surface area contributed by atoms with E-state index >= 15 is 0 Å². The summed E-state index contributed by atoms with van der Waals surface area (Å²) in [6.07, 6.45) is 2.12. The number of ether oxygens (including phenoxy) is 1. The topological polar surface area (TPSA) is 55.6 Å². The van der Waals surface area contributed by atoms with E-state index in [4.69, 9.17) is 10.5 Å². The molecule has 0 radical (unpaired) electrons. The molecular formula is C14H20N2O2S. The number of amides is 1. The van der Waals surface area contributed by atoms with Gasteiger partial charge in [0.2, 0.25) is 5.91 Å². The lowest BCUT2D eigenvalue weighted by Crippen LogP contribution is -2.51. The zero-order chi connectivity index (χ0) is 13.5. The highest BCUT2D eigenvalue weighted by molar-refractivity contribution is 7.10. The Kier molecular flexibility index (Phi) is 3.37. The standard InChI is InChI=1S/C14H20N2O2S/c1-14(9-18-8-12(14)15)13(17)16-6-2-4-10(16)11-5-3-7-19-11/h3,5,7,10,12H,2,4,6,8-9,15H2,1H3. The molecule has 2 aliphatic rings. The van der Waals surface area contributed by atoms with Crippen molar-refractivity contribution in [2.75, 3.05) is 19.8 Å². The molecule has 3 heterocycles. The van der Waals surface area contributed by atoms with Crippen molar-refractivity contribution in [3.63, 3.8) is 0 Å². The quantitative estimate of drug-likeness (QED) is 0.898. The third kappa shape index (κ3) is 2.10. The third-order valence-electron chi connectivity index (χ3n) is 4.39. The summed E-state index contributed by atoms with van der Waals surface area (Å²) in [7, 11) is 0. The van der Waals surface area contributed by atoms with Crippen LogP contribution in [0.25, 0.3) is 0 Å². The Hall–Kier alpha value is -0.910. The molecule has 1 aromatic heterocycles. The van der Waals surface area contributed by atoms with Gasteiger partial charge in [-0.2, -0.15) is 0 Å². The van der Waals surface area contributed by atoms with Crippen molar-refractivity contribution in [3.8, 4) is 0 Å². The molecule has 0 aromatic carbocycles. The Labute approximate surface area is 117 Å².